The van der Waals surface area contributed by atoms with Crippen molar-refractivity contribution in [2.75, 3.05) is 0 Å². The smallest absolute Gasteiger partial charge is 0.399 e. The molecule has 0 amide bonds. The van der Waals surface area contributed by atoms with E-state index in [0.717, 1.165) is 29.2 Å². The van der Waals surface area contributed by atoms with Crippen LogP contribution in [0, 0.1) is 13.8 Å². The highest BCUT2D eigenvalue weighted by Crippen LogP contribution is 2.58. The standard InChI is InChI=1S/C22H30B3F2N2O2P/c1-13-9-15(22(32,20(7,23)24)21(8,26)27)10-14(2)17(13)29-12-16(11-28-29)25-30-18(3,4)19(5,6)31-25/h9-12H,32H2,1-8H3. The van der Waals surface area contributed by atoms with E-state index in [1.165, 1.54) is 6.92 Å². The Morgan fingerprint density at radius 2 is 1.50 bits per heavy atom. The molecule has 0 spiro atoms. The number of hydrogen-bond donors (Lipinski definition) is 0. The largest absolute Gasteiger partial charge is 0.498 e. The summed E-state index contributed by atoms with van der Waals surface area (Å²) >= 11 is 0. The Hall–Kier alpha value is -1.17. The summed E-state index contributed by atoms with van der Waals surface area (Å²) in [4.78, 5) is 0. The highest BCUT2D eigenvalue weighted by Gasteiger charge is 2.54. The van der Waals surface area contributed by atoms with Gasteiger partial charge >= 0.3 is 7.12 Å². The van der Waals surface area contributed by atoms with E-state index < -0.39 is 34.6 Å². The van der Waals surface area contributed by atoms with Crippen LogP contribution < -0.4 is 5.46 Å². The van der Waals surface area contributed by atoms with Gasteiger partial charge in [0.2, 0.25) is 0 Å². The number of aryl methyl sites for hydroxylation is 2. The Kier molecular flexibility index (Phi) is 6.11. The quantitative estimate of drug-likeness (QED) is 0.505. The first-order valence-corrected chi connectivity index (χ1v) is 11.2. The number of alkyl halides is 2. The fraction of sp³-hybridized carbons (Fsp3) is 0.591. The maximum atomic E-state index is 14.7. The van der Waals surface area contributed by atoms with Gasteiger partial charge < -0.3 is 9.31 Å². The summed E-state index contributed by atoms with van der Waals surface area (Å²) in [6.07, 6.45) is 3.54. The molecule has 32 heavy (non-hydrogen) atoms. The van der Waals surface area contributed by atoms with Crippen LogP contribution >= 0.6 is 9.24 Å². The van der Waals surface area contributed by atoms with Crippen molar-refractivity contribution in [1.29, 1.82) is 0 Å². The second-order valence-corrected chi connectivity index (χ2v) is 11.1. The molecule has 1 aromatic carbocycles. The topological polar surface area (TPSA) is 36.3 Å². The number of nitrogens with zero attached hydrogens (tertiary/aromatic N) is 2. The van der Waals surface area contributed by atoms with Crippen LogP contribution in [-0.2, 0) is 14.5 Å². The van der Waals surface area contributed by atoms with Crippen molar-refractivity contribution < 1.29 is 18.1 Å². The van der Waals surface area contributed by atoms with Gasteiger partial charge in [-0.1, -0.05) is 24.3 Å². The lowest BCUT2D eigenvalue weighted by Crippen LogP contribution is -2.47. The number of hydrogen-bond acceptors (Lipinski definition) is 3. The zero-order chi connectivity index (χ0) is 24.5. The highest BCUT2D eigenvalue weighted by molar-refractivity contribution is 7.19. The van der Waals surface area contributed by atoms with Gasteiger partial charge in [0.15, 0.2) is 0 Å². The molecule has 2 heterocycles. The van der Waals surface area contributed by atoms with Crippen molar-refractivity contribution in [3.8, 4) is 5.69 Å². The molecule has 1 fully saturated rings. The first-order chi connectivity index (χ1) is 14.3. The van der Waals surface area contributed by atoms with E-state index in [-0.39, 0.29) is 0 Å². The molecule has 168 valence electrons. The van der Waals surface area contributed by atoms with Gasteiger partial charge in [-0.15, -0.1) is 9.24 Å². The Morgan fingerprint density at radius 1 is 1.03 bits per heavy atom. The number of halogens is 2. The van der Waals surface area contributed by atoms with Gasteiger partial charge in [-0.2, -0.15) is 5.10 Å². The average Bonchev–Trinajstić information content (AvgIpc) is 3.14. The van der Waals surface area contributed by atoms with E-state index in [2.05, 4.69) is 14.3 Å². The normalized spacial score (nSPS) is 20.4. The zero-order valence-corrected chi connectivity index (χ0v) is 21.2. The summed E-state index contributed by atoms with van der Waals surface area (Å²) in [5.41, 5.74) is 2.53. The van der Waals surface area contributed by atoms with Crippen LogP contribution in [0.2, 0.25) is 5.21 Å². The van der Waals surface area contributed by atoms with Crippen molar-refractivity contribution in [3.05, 3.63) is 41.2 Å². The van der Waals surface area contributed by atoms with Crippen molar-refractivity contribution in [2.45, 2.75) is 82.9 Å². The van der Waals surface area contributed by atoms with Crippen LogP contribution in [0.4, 0.5) is 8.78 Å². The fourth-order valence-electron chi connectivity index (χ4n) is 4.14. The molecule has 0 N–H and O–H groups in total. The van der Waals surface area contributed by atoms with Gasteiger partial charge in [0.05, 0.1) is 37.7 Å². The van der Waals surface area contributed by atoms with E-state index >= 15 is 0 Å². The molecule has 0 saturated carbocycles. The summed E-state index contributed by atoms with van der Waals surface area (Å²) < 4.78 is 43.4. The molecular weight excluding hydrogens is 426 g/mol. The van der Waals surface area contributed by atoms with Crippen LogP contribution in [-0.4, -0.2) is 49.7 Å². The van der Waals surface area contributed by atoms with Crippen LogP contribution in [0.3, 0.4) is 0 Å². The molecular formula is C22H30B3F2N2O2P. The molecule has 3 rings (SSSR count). The van der Waals surface area contributed by atoms with Gasteiger partial charge in [0.25, 0.3) is 5.92 Å². The molecule has 1 aliphatic rings. The monoisotopic (exact) mass is 456 g/mol. The molecule has 1 aliphatic heterocycles. The Balaban J connectivity index is 2.02. The lowest BCUT2D eigenvalue weighted by atomic mass is 9.46. The fourth-order valence-corrected chi connectivity index (χ4v) is 4.31. The predicted octanol–water partition coefficient (Wildman–Crippen LogP) is 3.99. The molecule has 2 unspecified atom stereocenters. The SMILES string of the molecule is [B]C([B])(C)C(P)(c1cc(C)c(-n2cc(B3OC(C)(C)C(C)(C)O3)cn2)c(C)c1)C(C)(F)F. The third-order valence-corrected chi connectivity index (χ3v) is 8.31. The second-order valence-electron chi connectivity index (χ2n) is 10.2. The van der Waals surface area contributed by atoms with Crippen LogP contribution in [0.25, 0.3) is 5.69 Å². The molecule has 0 aliphatic carbocycles. The summed E-state index contributed by atoms with van der Waals surface area (Å²) in [5, 5.41) is 0.962. The molecule has 10 heteroatoms. The lowest BCUT2D eigenvalue weighted by molar-refractivity contribution is -0.0290. The molecule has 1 aromatic heterocycles. The minimum atomic E-state index is -3.17. The first kappa shape index (κ1) is 25.5. The second kappa shape index (κ2) is 7.68. The van der Waals surface area contributed by atoms with E-state index in [9.17, 15) is 8.78 Å². The van der Waals surface area contributed by atoms with Gasteiger partial charge in [0.1, 0.15) is 0 Å². The molecule has 4 nitrogen and oxygen atoms in total. The van der Waals surface area contributed by atoms with Crippen molar-refractivity contribution in [1.82, 2.24) is 9.78 Å². The molecule has 1 saturated heterocycles. The van der Waals surface area contributed by atoms with Crippen molar-refractivity contribution in [2.24, 2.45) is 0 Å². The average molecular weight is 456 g/mol. The van der Waals surface area contributed by atoms with Gasteiger partial charge in [-0.3, -0.25) is 0 Å². The van der Waals surface area contributed by atoms with E-state index in [4.69, 9.17) is 25.0 Å². The van der Waals surface area contributed by atoms with Crippen LogP contribution in [0.5, 0.6) is 0 Å². The van der Waals surface area contributed by atoms with Crippen LogP contribution in [0.1, 0.15) is 58.2 Å². The van der Waals surface area contributed by atoms with Gasteiger partial charge in [-0.25, -0.2) is 13.5 Å². The minimum Gasteiger partial charge on any atom is -0.399 e. The molecule has 0 bridgehead atoms. The van der Waals surface area contributed by atoms with Crippen LogP contribution in [0.15, 0.2) is 24.5 Å². The zero-order valence-electron chi connectivity index (χ0n) is 20.1. The third-order valence-electron chi connectivity index (χ3n) is 6.85. The van der Waals surface area contributed by atoms with Crippen molar-refractivity contribution in [3.63, 3.8) is 0 Å². The molecule has 4 radical (unpaired) electrons. The maximum Gasteiger partial charge on any atom is 0.498 e. The van der Waals surface area contributed by atoms with E-state index in [1.807, 2.05) is 47.7 Å². The van der Waals surface area contributed by atoms with Gasteiger partial charge in [-0.05, 0) is 58.2 Å². The van der Waals surface area contributed by atoms with Gasteiger partial charge in [0, 0.05) is 24.8 Å². The highest BCUT2D eigenvalue weighted by atomic mass is 31.0. The number of benzene rings is 1. The number of aromatic nitrogens is 2. The summed E-state index contributed by atoms with van der Waals surface area (Å²) in [7, 11) is 13.7. The maximum absolute atomic E-state index is 14.7. The number of rotatable bonds is 5. The molecule has 2 atom stereocenters. The summed E-state index contributed by atoms with van der Waals surface area (Å²) in [6, 6.07) is 3.39. The van der Waals surface area contributed by atoms with Crippen molar-refractivity contribution >= 4 is 37.5 Å². The lowest BCUT2D eigenvalue weighted by Gasteiger charge is -2.47. The summed E-state index contributed by atoms with van der Waals surface area (Å²) in [5.74, 6) is -3.17. The Morgan fingerprint density at radius 3 is 1.91 bits per heavy atom. The third kappa shape index (κ3) is 3.99. The molecule has 2 aromatic rings. The minimum absolute atomic E-state index is 0.347. The Bertz CT molecular complexity index is 976. The summed E-state index contributed by atoms with van der Waals surface area (Å²) in [6.45, 7) is 13.9. The Labute approximate surface area is 195 Å². The van der Waals surface area contributed by atoms with E-state index in [1.54, 1.807) is 23.0 Å². The first-order valence-electron chi connectivity index (χ1n) is 10.6. The van der Waals surface area contributed by atoms with E-state index in [0.29, 0.717) is 5.56 Å². The predicted molar refractivity (Wildman–Crippen MR) is 131 cm³/mol.